The predicted octanol–water partition coefficient (Wildman–Crippen LogP) is 2.04. The number of hydrogen-bond acceptors (Lipinski definition) is 5. The zero-order valence-corrected chi connectivity index (χ0v) is 11.5. The van der Waals surface area contributed by atoms with E-state index < -0.39 is 0 Å². The Kier molecular flexibility index (Phi) is 3.25. The number of rotatable bonds is 3. The molecule has 0 spiro atoms. The van der Waals surface area contributed by atoms with E-state index in [9.17, 15) is 4.79 Å². The number of nitrogens with zero attached hydrogens (tertiary/aromatic N) is 4. The maximum Gasteiger partial charge on any atom is 0.268 e. The van der Waals surface area contributed by atoms with Crippen molar-refractivity contribution < 1.29 is 4.79 Å². The molecular weight excluding hydrogens is 260 g/mol. The van der Waals surface area contributed by atoms with Crippen molar-refractivity contribution in [2.24, 2.45) is 0 Å². The number of aromatic nitrogens is 3. The second kappa shape index (κ2) is 5.05. The summed E-state index contributed by atoms with van der Waals surface area (Å²) in [6, 6.07) is 3.93. The van der Waals surface area contributed by atoms with E-state index in [1.165, 1.54) is 11.5 Å². The Bertz CT molecular complexity index is 585. The van der Waals surface area contributed by atoms with E-state index in [0.717, 1.165) is 29.8 Å². The minimum Gasteiger partial charge on any atom is -0.328 e. The van der Waals surface area contributed by atoms with Crippen LogP contribution in [0.5, 0.6) is 0 Å². The molecule has 0 N–H and O–H groups in total. The Balaban J connectivity index is 1.81. The molecule has 1 amide bonds. The fraction of sp³-hybridized carbons (Fsp3) is 0.385. The molecule has 0 saturated heterocycles. The third-order valence-electron chi connectivity index (χ3n) is 3.21. The van der Waals surface area contributed by atoms with Crippen LogP contribution in [-0.2, 0) is 19.5 Å². The first-order valence-corrected chi connectivity index (χ1v) is 7.10. The molecule has 5 nitrogen and oxygen atoms in total. The van der Waals surface area contributed by atoms with Crippen molar-refractivity contribution in [3.8, 4) is 0 Å². The van der Waals surface area contributed by atoms with Crippen molar-refractivity contribution in [2.45, 2.75) is 32.9 Å². The van der Waals surface area contributed by atoms with Gasteiger partial charge in [-0.15, -0.1) is 5.10 Å². The summed E-state index contributed by atoms with van der Waals surface area (Å²) in [5, 5.41) is 4.05. The van der Waals surface area contributed by atoms with Crippen LogP contribution in [0.25, 0.3) is 0 Å². The summed E-state index contributed by atoms with van der Waals surface area (Å²) >= 11 is 1.19. The highest BCUT2D eigenvalue weighted by atomic mass is 32.1. The molecule has 2 aromatic heterocycles. The lowest BCUT2D eigenvalue weighted by molar-refractivity contribution is 0.0754. The van der Waals surface area contributed by atoms with E-state index in [4.69, 9.17) is 0 Å². The van der Waals surface area contributed by atoms with E-state index in [2.05, 4.69) is 21.5 Å². The monoisotopic (exact) mass is 274 g/mol. The van der Waals surface area contributed by atoms with E-state index >= 15 is 0 Å². The first-order chi connectivity index (χ1) is 9.29. The maximum atomic E-state index is 12.5. The third kappa shape index (κ3) is 2.23. The van der Waals surface area contributed by atoms with Gasteiger partial charge in [-0.25, -0.2) is 0 Å². The summed E-state index contributed by atoms with van der Waals surface area (Å²) in [6.07, 6.45) is 3.54. The van der Waals surface area contributed by atoms with Gasteiger partial charge in [0.05, 0.1) is 17.9 Å². The lowest BCUT2D eigenvalue weighted by atomic mass is 10.2. The lowest BCUT2D eigenvalue weighted by Crippen LogP contribution is -2.25. The molecule has 0 radical (unpaired) electrons. The summed E-state index contributed by atoms with van der Waals surface area (Å²) < 4.78 is 3.91. The summed E-state index contributed by atoms with van der Waals surface area (Å²) in [7, 11) is 0. The Morgan fingerprint density at radius 1 is 1.47 bits per heavy atom. The second-order valence-corrected chi connectivity index (χ2v) is 5.32. The van der Waals surface area contributed by atoms with Crippen molar-refractivity contribution in [2.75, 3.05) is 0 Å². The Labute approximate surface area is 115 Å². The molecule has 0 aliphatic carbocycles. The number of fused-ring (bicyclic) bond motifs is 1. The van der Waals surface area contributed by atoms with Crippen LogP contribution in [0.3, 0.4) is 0 Å². The molecule has 3 rings (SSSR count). The van der Waals surface area contributed by atoms with Crippen LogP contribution in [0, 0.1) is 0 Å². The molecule has 0 atom stereocenters. The number of amides is 1. The van der Waals surface area contributed by atoms with Crippen LogP contribution in [0.15, 0.2) is 18.3 Å². The first kappa shape index (κ1) is 12.2. The van der Waals surface area contributed by atoms with Crippen LogP contribution in [0.1, 0.15) is 40.0 Å². The van der Waals surface area contributed by atoms with Gasteiger partial charge in [0.1, 0.15) is 4.88 Å². The highest BCUT2D eigenvalue weighted by Crippen LogP contribution is 2.24. The summed E-state index contributed by atoms with van der Waals surface area (Å²) in [5.41, 5.74) is 2.94. The molecule has 6 heteroatoms. The van der Waals surface area contributed by atoms with Crippen LogP contribution in [0.4, 0.5) is 0 Å². The molecule has 0 saturated carbocycles. The summed E-state index contributed by atoms with van der Waals surface area (Å²) in [5.74, 6) is 0.0245. The van der Waals surface area contributed by atoms with Gasteiger partial charge in [-0.2, -0.15) is 0 Å². The number of carbonyl (C=O) groups excluding carboxylic acids is 1. The lowest BCUT2D eigenvalue weighted by Gasteiger charge is -2.13. The Hall–Kier alpha value is -1.82. The Morgan fingerprint density at radius 3 is 3.16 bits per heavy atom. The van der Waals surface area contributed by atoms with Gasteiger partial charge >= 0.3 is 0 Å². The molecule has 0 bridgehead atoms. The van der Waals surface area contributed by atoms with Gasteiger partial charge in [0.15, 0.2) is 0 Å². The molecule has 0 unspecified atom stereocenters. The van der Waals surface area contributed by atoms with Crippen molar-refractivity contribution in [3.63, 3.8) is 0 Å². The fourth-order valence-corrected chi connectivity index (χ4v) is 2.94. The van der Waals surface area contributed by atoms with Gasteiger partial charge in [0, 0.05) is 12.7 Å². The Morgan fingerprint density at radius 2 is 2.37 bits per heavy atom. The zero-order chi connectivity index (χ0) is 13.2. The standard InChI is InChI=1S/C13H14N4OS/c1-2-4-10-12(19-16-15-10)13(18)17-7-9-5-3-6-14-11(9)8-17/h3,5-6H,2,4,7-8H2,1H3. The SMILES string of the molecule is CCCc1nnsc1C(=O)N1Cc2cccnc2C1. The molecule has 3 heterocycles. The molecule has 98 valence electrons. The summed E-state index contributed by atoms with van der Waals surface area (Å²) in [6.45, 7) is 3.28. The third-order valence-corrected chi connectivity index (χ3v) is 3.97. The highest BCUT2D eigenvalue weighted by molar-refractivity contribution is 7.08. The van der Waals surface area contributed by atoms with Gasteiger partial charge in [0.2, 0.25) is 0 Å². The van der Waals surface area contributed by atoms with E-state index in [0.29, 0.717) is 18.0 Å². The molecule has 0 aromatic carbocycles. The largest absolute Gasteiger partial charge is 0.328 e. The van der Waals surface area contributed by atoms with Crippen LogP contribution in [0.2, 0.25) is 0 Å². The van der Waals surface area contributed by atoms with Crippen molar-refractivity contribution in [3.05, 3.63) is 40.2 Å². The van der Waals surface area contributed by atoms with E-state index in [1.807, 2.05) is 17.0 Å². The van der Waals surface area contributed by atoms with Gasteiger partial charge in [0.25, 0.3) is 5.91 Å². The molecule has 0 fully saturated rings. The van der Waals surface area contributed by atoms with Crippen LogP contribution < -0.4 is 0 Å². The zero-order valence-electron chi connectivity index (χ0n) is 10.7. The number of hydrogen-bond donors (Lipinski definition) is 0. The molecule has 1 aliphatic rings. The first-order valence-electron chi connectivity index (χ1n) is 6.33. The maximum absolute atomic E-state index is 12.5. The normalized spacial score (nSPS) is 13.6. The molecule has 1 aliphatic heterocycles. The minimum atomic E-state index is 0.0245. The fourth-order valence-electron chi connectivity index (χ4n) is 2.26. The number of carbonyl (C=O) groups is 1. The summed E-state index contributed by atoms with van der Waals surface area (Å²) in [4.78, 5) is 19.3. The van der Waals surface area contributed by atoms with E-state index in [1.54, 1.807) is 6.20 Å². The van der Waals surface area contributed by atoms with Crippen LogP contribution >= 0.6 is 11.5 Å². The predicted molar refractivity (Wildman–Crippen MR) is 71.7 cm³/mol. The molecular formula is C13H14N4OS. The quantitative estimate of drug-likeness (QED) is 0.859. The van der Waals surface area contributed by atoms with Gasteiger partial charge < -0.3 is 4.90 Å². The van der Waals surface area contributed by atoms with E-state index in [-0.39, 0.29) is 5.91 Å². The van der Waals surface area contributed by atoms with Gasteiger partial charge in [-0.3, -0.25) is 9.78 Å². The average Bonchev–Trinajstić information content (AvgIpc) is 3.04. The topological polar surface area (TPSA) is 59.0 Å². The molecule has 2 aromatic rings. The average molecular weight is 274 g/mol. The number of pyridine rings is 1. The number of aryl methyl sites for hydroxylation is 1. The smallest absolute Gasteiger partial charge is 0.268 e. The molecule has 19 heavy (non-hydrogen) atoms. The van der Waals surface area contributed by atoms with Crippen molar-refractivity contribution in [1.82, 2.24) is 19.5 Å². The van der Waals surface area contributed by atoms with Crippen molar-refractivity contribution >= 4 is 17.4 Å². The highest BCUT2D eigenvalue weighted by Gasteiger charge is 2.27. The second-order valence-electron chi connectivity index (χ2n) is 4.57. The van der Waals surface area contributed by atoms with Crippen LogP contribution in [-0.4, -0.2) is 25.4 Å². The van der Waals surface area contributed by atoms with Gasteiger partial charge in [-0.1, -0.05) is 23.9 Å². The van der Waals surface area contributed by atoms with Gasteiger partial charge in [-0.05, 0) is 29.6 Å². The van der Waals surface area contributed by atoms with Crippen molar-refractivity contribution in [1.29, 1.82) is 0 Å². The minimum absolute atomic E-state index is 0.0245.